The van der Waals surface area contributed by atoms with E-state index in [4.69, 9.17) is 4.74 Å². The molecule has 1 atom stereocenters. The van der Waals surface area contributed by atoms with E-state index in [1.807, 2.05) is 82.3 Å². The zero-order valence-corrected chi connectivity index (χ0v) is 27.0. The highest BCUT2D eigenvalue weighted by Crippen LogP contribution is 2.27. The number of hydrogen-bond donors (Lipinski definition) is 1. The van der Waals surface area contributed by atoms with Crippen LogP contribution in [0, 0.1) is 6.92 Å². The van der Waals surface area contributed by atoms with Crippen LogP contribution >= 0.6 is 0 Å². The summed E-state index contributed by atoms with van der Waals surface area (Å²) in [7, 11) is -4.17. The van der Waals surface area contributed by atoms with E-state index >= 15 is 0 Å². The first kappa shape index (κ1) is 33.3. The fourth-order valence-corrected chi connectivity index (χ4v) is 6.50. The Morgan fingerprint density at radius 3 is 2.04 bits per heavy atom. The molecule has 1 N–H and O–H groups in total. The van der Waals surface area contributed by atoms with Crippen molar-refractivity contribution in [2.24, 2.45) is 0 Å². The Morgan fingerprint density at radius 1 is 0.822 bits per heavy atom. The Kier molecular flexibility index (Phi) is 11.4. The molecule has 0 saturated carbocycles. The Balaban J connectivity index is 1.80. The van der Waals surface area contributed by atoms with Gasteiger partial charge in [-0.1, -0.05) is 78.4 Å². The molecule has 0 aliphatic carbocycles. The molecule has 9 heteroatoms. The fourth-order valence-electron chi connectivity index (χ4n) is 5.07. The molecular formula is C36H41N3O5S. The normalized spacial score (nSPS) is 11.9. The summed E-state index contributed by atoms with van der Waals surface area (Å²) in [6.07, 6.45) is 0.255. The van der Waals surface area contributed by atoms with Gasteiger partial charge in [0.2, 0.25) is 11.8 Å². The van der Waals surface area contributed by atoms with Gasteiger partial charge < -0.3 is 15.0 Å². The molecule has 0 unspecified atom stereocenters. The van der Waals surface area contributed by atoms with Gasteiger partial charge in [-0.05, 0) is 75.2 Å². The zero-order chi connectivity index (χ0) is 32.4. The van der Waals surface area contributed by atoms with Gasteiger partial charge in [0.05, 0.1) is 17.2 Å². The molecule has 0 aromatic heterocycles. The summed E-state index contributed by atoms with van der Waals surface area (Å²) in [5.74, 6) is -0.239. The molecule has 4 aromatic carbocycles. The van der Waals surface area contributed by atoms with Crippen LogP contribution in [0.15, 0.2) is 114 Å². The monoisotopic (exact) mass is 627 g/mol. The minimum atomic E-state index is -4.17. The van der Waals surface area contributed by atoms with E-state index in [-0.39, 0.29) is 29.8 Å². The van der Waals surface area contributed by atoms with Crippen molar-refractivity contribution >= 4 is 27.5 Å². The molecule has 0 aliphatic heterocycles. The Labute approximate surface area is 266 Å². The van der Waals surface area contributed by atoms with E-state index in [1.54, 1.807) is 42.5 Å². The average Bonchev–Trinajstić information content (AvgIpc) is 3.02. The summed E-state index contributed by atoms with van der Waals surface area (Å²) in [6, 6.07) is 30.8. The molecule has 4 aromatic rings. The van der Waals surface area contributed by atoms with Crippen LogP contribution in [0.25, 0.3) is 0 Å². The second-order valence-corrected chi connectivity index (χ2v) is 13.0. The van der Waals surface area contributed by atoms with Crippen molar-refractivity contribution in [2.75, 3.05) is 17.5 Å². The van der Waals surface area contributed by atoms with Crippen LogP contribution in [-0.4, -0.2) is 50.4 Å². The number of anilines is 1. The lowest BCUT2D eigenvalue weighted by Gasteiger charge is -2.34. The Bertz CT molecular complexity index is 1660. The van der Waals surface area contributed by atoms with Crippen molar-refractivity contribution in [3.8, 4) is 5.75 Å². The first-order valence-electron chi connectivity index (χ1n) is 15.1. The number of carbonyl (C=O) groups is 2. The topological polar surface area (TPSA) is 96.0 Å². The van der Waals surface area contributed by atoms with Crippen LogP contribution < -0.4 is 14.4 Å². The molecule has 236 valence electrons. The number of sulfonamides is 1. The van der Waals surface area contributed by atoms with Gasteiger partial charge in [0.25, 0.3) is 10.0 Å². The number of carbonyl (C=O) groups excluding carboxylic acids is 2. The van der Waals surface area contributed by atoms with Gasteiger partial charge in [0.1, 0.15) is 18.3 Å². The maximum absolute atomic E-state index is 14.5. The molecule has 0 bridgehead atoms. The molecule has 4 rings (SSSR count). The molecule has 45 heavy (non-hydrogen) atoms. The van der Waals surface area contributed by atoms with Crippen LogP contribution in [0.4, 0.5) is 5.69 Å². The van der Waals surface area contributed by atoms with Gasteiger partial charge in [0, 0.05) is 19.0 Å². The molecule has 0 spiro atoms. The van der Waals surface area contributed by atoms with Crippen molar-refractivity contribution in [3.05, 3.63) is 126 Å². The van der Waals surface area contributed by atoms with Crippen LogP contribution in [0.1, 0.15) is 37.5 Å². The first-order valence-corrected chi connectivity index (χ1v) is 16.5. The van der Waals surface area contributed by atoms with Gasteiger partial charge >= 0.3 is 0 Å². The standard InChI is InChI=1S/C36H41N3O5S/c1-5-44-32-21-19-31(20-22-32)39(45(42,43)33-17-10-7-11-18-33)26-35(40)38(25-30-16-12-13-28(4)23-30)34(36(41)37-27(2)3)24-29-14-8-6-9-15-29/h6-23,27,34H,5,24-26H2,1-4H3,(H,37,41)/t34-/m0/s1. The second kappa shape index (κ2) is 15.4. The number of benzene rings is 4. The number of rotatable bonds is 14. The molecule has 0 saturated heterocycles. The highest BCUT2D eigenvalue weighted by Gasteiger charge is 2.34. The van der Waals surface area contributed by atoms with Gasteiger partial charge in [-0.15, -0.1) is 0 Å². The largest absolute Gasteiger partial charge is 0.494 e. The lowest BCUT2D eigenvalue weighted by molar-refractivity contribution is -0.140. The Hall–Kier alpha value is -4.63. The first-order chi connectivity index (χ1) is 21.6. The van der Waals surface area contributed by atoms with Crippen LogP contribution in [0.2, 0.25) is 0 Å². The lowest BCUT2D eigenvalue weighted by atomic mass is 10.0. The summed E-state index contributed by atoms with van der Waals surface area (Å²) in [5, 5.41) is 2.98. The summed E-state index contributed by atoms with van der Waals surface area (Å²) < 4.78 is 34.8. The predicted molar refractivity (Wildman–Crippen MR) is 178 cm³/mol. The third-order valence-corrected chi connectivity index (χ3v) is 8.97. The quantitative estimate of drug-likeness (QED) is 0.192. The maximum atomic E-state index is 14.5. The Morgan fingerprint density at radius 2 is 1.44 bits per heavy atom. The molecule has 0 radical (unpaired) electrons. The third-order valence-electron chi connectivity index (χ3n) is 7.18. The summed E-state index contributed by atoms with van der Waals surface area (Å²) in [5.41, 5.74) is 3.02. The number of hydrogen-bond acceptors (Lipinski definition) is 5. The molecule has 0 heterocycles. The van der Waals surface area contributed by atoms with Crippen molar-refractivity contribution in [1.82, 2.24) is 10.2 Å². The molecule has 0 aliphatic rings. The van der Waals surface area contributed by atoms with E-state index in [0.29, 0.717) is 18.0 Å². The van der Waals surface area contributed by atoms with E-state index in [1.165, 1.54) is 17.0 Å². The molecule has 2 amide bonds. The summed E-state index contributed by atoms with van der Waals surface area (Å²) >= 11 is 0. The minimum Gasteiger partial charge on any atom is -0.494 e. The number of nitrogens with one attached hydrogen (secondary N) is 1. The molecule has 8 nitrogen and oxygen atoms in total. The van der Waals surface area contributed by atoms with Crippen molar-refractivity contribution < 1.29 is 22.7 Å². The fraction of sp³-hybridized carbons (Fsp3) is 0.278. The van der Waals surface area contributed by atoms with Crippen molar-refractivity contribution in [1.29, 1.82) is 0 Å². The number of ether oxygens (including phenoxy) is 1. The zero-order valence-electron chi connectivity index (χ0n) is 26.2. The second-order valence-electron chi connectivity index (χ2n) is 11.1. The highest BCUT2D eigenvalue weighted by molar-refractivity contribution is 7.92. The van der Waals surface area contributed by atoms with E-state index in [2.05, 4.69) is 5.32 Å². The highest BCUT2D eigenvalue weighted by atomic mass is 32.2. The van der Waals surface area contributed by atoms with Gasteiger partial charge in [-0.25, -0.2) is 8.42 Å². The van der Waals surface area contributed by atoms with Gasteiger partial charge in [0.15, 0.2) is 0 Å². The SMILES string of the molecule is CCOc1ccc(N(CC(=O)N(Cc2cccc(C)c2)[C@@H](Cc2ccccc2)C(=O)NC(C)C)S(=O)(=O)c2ccccc2)cc1. The predicted octanol–water partition coefficient (Wildman–Crippen LogP) is 5.75. The van der Waals surface area contributed by atoms with Crippen LogP contribution in [0.3, 0.4) is 0 Å². The molecular weight excluding hydrogens is 586 g/mol. The van der Waals surface area contributed by atoms with Crippen molar-refractivity contribution in [2.45, 2.75) is 57.6 Å². The van der Waals surface area contributed by atoms with E-state index < -0.39 is 28.5 Å². The summed E-state index contributed by atoms with van der Waals surface area (Å²) in [4.78, 5) is 29.8. The van der Waals surface area contributed by atoms with Gasteiger partial charge in [-0.2, -0.15) is 0 Å². The van der Waals surface area contributed by atoms with E-state index in [0.717, 1.165) is 21.0 Å². The molecule has 0 fully saturated rings. The average molecular weight is 628 g/mol. The van der Waals surface area contributed by atoms with Crippen molar-refractivity contribution in [3.63, 3.8) is 0 Å². The number of nitrogens with zero attached hydrogens (tertiary/aromatic N) is 2. The van der Waals surface area contributed by atoms with Crippen LogP contribution in [0.5, 0.6) is 5.75 Å². The van der Waals surface area contributed by atoms with E-state index in [9.17, 15) is 18.0 Å². The van der Waals surface area contributed by atoms with Crippen LogP contribution in [-0.2, 0) is 32.6 Å². The third kappa shape index (κ3) is 8.95. The number of amides is 2. The smallest absolute Gasteiger partial charge is 0.264 e. The maximum Gasteiger partial charge on any atom is 0.264 e. The lowest BCUT2D eigenvalue weighted by Crippen LogP contribution is -2.54. The van der Waals surface area contributed by atoms with Gasteiger partial charge in [-0.3, -0.25) is 13.9 Å². The minimum absolute atomic E-state index is 0.0512. The summed E-state index contributed by atoms with van der Waals surface area (Å²) in [6.45, 7) is 7.61. The number of aryl methyl sites for hydroxylation is 1.